The van der Waals surface area contributed by atoms with Crippen molar-refractivity contribution in [3.8, 4) is 0 Å². The van der Waals surface area contributed by atoms with Gasteiger partial charge in [0.05, 0.1) is 6.42 Å². The van der Waals surface area contributed by atoms with Crippen molar-refractivity contribution in [2.24, 2.45) is 0 Å². The fraction of sp³-hybridized carbons (Fsp3) is 0.714. The molecular formula is C7H11NO2. The number of aldehydes is 1. The molecule has 0 aromatic heterocycles. The highest BCUT2D eigenvalue weighted by molar-refractivity contribution is 5.88. The van der Waals surface area contributed by atoms with Gasteiger partial charge in [-0.3, -0.25) is 4.79 Å². The molecule has 0 bridgehead atoms. The summed E-state index contributed by atoms with van der Waals surface area (Å²) in [5, 5.41) is 0. The van der Waals surface area contributed by atoms with Gasteiger partial charge in [0, 0.05) is 13.1 Å². The van der Waals surface area contributed by atoms with Crippen molar-refractivity contribution in [3.05, 3.63) is 0 Å². The second-order valence-corrected chi connectivity index (χ2v) is 2.46. The number of amides is 1. The zero-order valence-electron chi connectivity index (χ0n) is 5.88. The van der Waals surface area contributed by atoms with E-state index >= 15 is 0 Å². The standard InChI is InChI=1S/C7H11NO2/c9-6-3-7(10)8-4-1-2-5-8/h6H,1-5H2. The Morgan fingerprint density at radius 1 is 1.40 bits per heavy atom. The largest absolute Gasteiger partial charge is 0.342 e. The Bertz CT molecular complexity index is 139. The molecule has 1 aliphatic heterocycles. The summed E-state index contributed by atoms with van der Waals surface area (Å²) >= 11 is 0. The number of likely N-dealkylation sites (tertiary alicyclic amines) is 1. The quantitative estimate of drug-likeness (QED) is 0.407. The molecule has 3 heteroatoms. The maximum absolute atomic E-state index is 10.9. The summed E-state index contributed by atoms with van der Waals surface area (Å²) in [5.74, 6) is -0.0208. The minimum atomic E-state index is -0.0208. The molecule has 1 aliphatic rings. The van der Waals surface area contributed by atoms with Crippen molar-refractivity contribution < 1.29 is 9.59 Å². The van der Waals surface area contributed by atoms with Crippen LogP contribution in [-0.4, -0.2) is 30.2 Å². The molecule has 1 rings (SSSR count). The normalized spacial score (nSPS) is 17.4. The Balaban J connectivity index is 2.32. The SMILES string of the molecule is O=CCC(=O)N1CCCC1. The molecule has 0 atom stereocenters. The van der Waals surface area contributed by atoms with E-state index in [9.17, 15) is 9.59 Å². The Morgan fingerprint density at radius 3 is 2.50 bits per heavy atom. The summed E-state index contributed by atoms with van der Waals surface area (Å²) in [5.41, 5.74) is 0. The molecule has 1 amide bonds. The van der Waals surface area contributed by atoms with Crippen LogP contribution in [0.15, 0.2) is 0 Å². The van der Waals surface area contributed by atoms with Gasteiger partial charge in [-0.2, -0.15) is 0 Å². The lowest BCUT2D eigenvalue weighted by atomic mass is 10.4. The molecule has 1 heterocycles. The second-order valence-electron chi connectivity index (χ2n) is 2.46. The van der Waals surface area contributed by atoms with E-state index in [0.29, 0.717) is 6.29 Å². The van der Waals surface area contributed by atoms with Crippen LogP contribution in [0, 0.1) is 0 Å². The molecule has 1 fully saturated rings. The highest BCUT2D eigenvalue weighted by atomic mass is 16.2. The van der Waals surface area contributed by atoms with Gasteiger partial charge >= 0.3 is 0 Å². The Hall–Kier alpha value is -0.860. The van der Waals surface area contributed by atoms with Gasteiger partial charge in [-0.25, -0.2) is 0 Å². The number of carbonyl (C=O) groups excluding carboxylic acids is 2. The van der Waals surface area contributed by atoms with Crippen molar-refractivity contribution in [2.45, 2.75) is 19.3 Å². The van der Waals surface area contributed by atoms with Crippen LogP contribution in [0.4, 0.5) is 0 Å². The molecule has 0 spiro atoms. The van der Waals surface area contributed by atoms with E-state index in [1.165, 1.54) is 0 Å². The maximum Gasteiger partial charge on any atom is 0.229 e. The zero-order chi connectivity index (χ0) is 7.40. The van der Waals surface area contributed by atoms with Crippen molar-refractivity contribution in [2.75, 3.05) is 13.1 Å². The van der Waals surface area contributed by atoms with Crippen LogP contribution >= 0.6 is 0 Å². The molecule has 3 nitrogen and oxygen atoms in total. The average Bonchev–Trinajstić information content (AvgIpc) is 2.38. The fourth-order valence-electron chi connectivity index (χ4n) is 1.17. The van der Waals surface area contributed by atoms with Gasteiger partial charge in [-0.15, -0.1) is 0 Å². The molecule has 1 saturated heterocycles. The minimum absolute atomic E-state index is 0.0208. The molecular weight excluding hydrogens is 130 g/mol. The van der Waals surface area contributed by atoms with E-state index < -0.39 is 0 Å². The molecule has 0 unspecified atom stereocenters. The smallest absolute Gasteiger partial charge is 0.229 e. The molecule has 0 saturated carbocycles. The first-order chi connectivity index (χ1) is 4.84. The maximum atomic E-state index is 10.9. The lowest BCUT2D eigenvalue weighted by Gasteiger charge is -2.12. The highest BCUT2D eigenvalue weighted by Crippen LogP contribution is 2.07. The second kappa shape index (κ2) is 3.34. The predicted molar refractivity (Wildman–Crippen MR) is 36.5 cm³/mol. The molecule has 0 N–H and O–H groups in total. The van der Waals surface area contributed by atoms with Crippen LogP contribution in [0.25, 0.3) is 0 Å². The summed E-state index contributed by atoms with van der Waals surface area (Å²) in [7, 11) is 0. The van der Waals surface area contributed by atoms with Gasteiger partial charge in [-0.1, -0.05) is 0 Å². The summed E-state index contributed by atoms with van der Waals surface area (Å²) < 4.78 is 0. The molecule has 10 heavy (non-hydrogen) atoms. The van der Waals surface area contributed by atoms with E-state index in [1.807, 2.05) is 0 Å². The van der Waals surface area contributed by atoms with Gasteiger partial charge in [0.1, 0.15) is 6.29 Å². The minimum Gasteiger partial charge on any atom is -0.342 e. The van der Waals surface area contributed by atoms with Crippen LogP contribution in [-0.2, 0) is 9.59 Å². The first-order valence-corrected chi connectivity index (χ1v) is 3.56. The van der Waals surface area contributed by atoms with Gasteiger partial charge in [0.2, 0.25) is 5.91 Å². The lowest BCUT2D eigenvalue weighted by molar-refractivity contribution is -0.131. The first-order valence-electron chi connectivity index (χ1n) is 3.56. The van der Waals surface area contributed by atoms with E-state index in [2.05, 4.69) is 0 Å². The fourth-order valence-corrected chi connectivity index (χ4v) is 1.17. The third kappa shape index (κ3) is 1.56. The van der Waals surface area contributed by atoms with E-state index in [1.54, 1.807) is 4.90 Å². The Morgan fingerprint density at radius 2 is 2.00 bits per heavy atom. The summed E-state index contributed by atoms with van der Waals surface area (Å²) in [6.45, 7) is 1.68. The molecule has 0 aromatic carbocycles. The number of nitrogens with zero attached hydrogens (tertiary/aromatic N) is 1. The average molecular weight is 141 g/mol. The monoisotopic (exact) mass is 141 g/mol. The highest BCUT2D eigenvalue weighted by Gasteiger charge is 2.16. The lowest BCUT2D eigenvalue weighted by Crippen LogP contribution is -2.27. The van der Waals surface area contributed by atoms with Crippen molar-refractivity contribution >= 4 is 12.2 Å². The Kier molecular flexibility index (Phi) is 2.42. The van der Waals surface area contributed by atoms with Crippen LogP contribution < -0.4 is 0 Å². The van der Waals surface area contributed by atoms with E-state index in [0.717, 1.165) is 25.9 Å². The van der Waals surface area contributed by atoms with Gasteiger partial charge in [0.15, 0.2) is 0 Å². The number of hydrogen-bond donors (Lipinski definition) is 0. The van der Waals surface area contributed by atoms with E-state index in [4.69, 9.17) is 0 Å². The van der Waals surface area contributed by atoms with Crippen molar-refractivity contribution in [1.29, 1.82) is 0 Å². The molecule has 0 radical (unpaired) electrons. The first kappa shape index (κ1) is 7.25. The number of carbonyl (C=O) groups is 2. The van der Waals surface area contributed by atoms with Crippen LogP contribution in [0.5, 0.6) is 0 Å². The van der Waals surface area contributed by atoms with Gasteiger partial charge in [0.25, 0.3) is 0 Å². The summed E-state index contributed by atoms with van der Waals surface area (Å²) in [4.78, 5) is 22.6. The molecule has 56 valence electrons. The van der Waals surface area contributed by atoms with Gasteiger partial charge in [-0.05, 0) is 12.8 Å². The zero-order valence-corrected chi connectivity index (χ0v) is 5.88. The third-order valence-electron chi connectivity index (χ3n) is 1.72. The van der Waals surface area contributed by atoms with E-state index in [-0.39, 0.29) is 12.3 Å². The number of rotatable bonds is 2. The van der Waals surface area contributed by atoms with Crippen LogP contribution in [0.1, 0.15) is 19.3 Å². The van der Waals surface area contributed by atoms with Crippen molar-refractivity contribution in [3.63, 3.8) is 0 Å². The Labute approximate surface area is 60.0 Å². The van der Waals surface area contributed by atoms with Crippen LogP contribution in [0.3, 0.4) is 0 Å². The topological polar surface area (TPSA) is 37.4 Å². The number of hydrogen-bond acceptors (Lipinski definition) is 2. The third-order valence-corrected chi connectivity index (χ3v) is 1.72. The predicted octanol–water partition coefficient (Wildman–Crippen LogP) is 0.198. The summed E-state index contributed by atoms with van der Waals surface area (Å²) in [6, 6.07) is 0. The van der Waals surface area contributed by atoms with Gasteiger partial charge < -0.3 is 9.69 Å². The molecule has 0 aromatic rings. The van der Waals surface area contributed by atoms with Crippen LogP contribution in [0.2, 0.25) is 0 Å². The molecule has 0 aliphatic carbocycles. The van der Waals surface area contributed by atoms with Crippen molar-refractivity contribution in [1.82, 2.24) is 4.90 Å². The summed E-state index contributed by atoms with van der Waals surface area (Å²) in [6.07, 6.45) is 2.90.